The smallest absolute Gasteiger partial charge is 0.325 e. The molecule has 2 aromatic carbocycles. The Morgan fingerprint density at radius 2 is 1.71 bits per heavy atom. The summed E-state index contributed by atoms with van der Waals surface area (Å²) in [5, 5.41) is 2.74. The highest BCUT2D eigenvalue weighted by Gasteiger charge is 2.49. The number of carbonyl (C=O) groups excluding carboxylic acids is 3. The fraction of sp³-hybridized carbons (Fsp3) is 0.318. The van der Waals surface area contributed by atoms with Crippen LogP contribution in [0.5, 0.6) is 0 Å². The topological polar surface area (TPSA) is 69.7 Å². The van der Waals surface area contributed by atoms with Crippen molar-refractivity contribution in [3.05, 3.63) is 70.8 Å². The first-order valence-electron chi connectivity index (χ1n) is 9.22. The van der Waals surface area contributed by atoms with Crippen LogP contribution < -0.4 is 5.32 Å². The molecule has 1 N–H and O–H groups in total. The van der Waals surface area contributed by atoms with Crippen LogP contribution in [-0.2, 0) is 21.7 Å². The molecule has 1 saturated heterocycles. The maximum absolute atomic E-state index is 13.0. The van der Waals surface area contributed by atoms with E-state index in [1.807, 2.05) is 62.4 Å². The van der Waals surface area contributed by atoms with Gasteiger partial charge in [0.2, 0.25) is 5.91 Å². The highest BCUT2D eigenvalue weighted by molar-refractivity contribution is 6.09. The predicted octanol–water partition coefficient (Wildman–Crippen LogP) is 2.73. The van der Waals surface area contributed by atoms with Gasteiger partial charge in [0.25, 0.3) is 5.91 Å². The third kappa shape index (κ3) is 3.63. The van der Waals surface area contributed by atoms with E-state index in [1.54, 1.807) is 14.0 Å². The second-order valence-electron chi connectivity index (χ2n) is 7.49. The third-order valence-corrected chi connectivity index (χ3v) is 5.29. The zero-order chi connectivity index (χ0) is 20.5. The Balaban J connectivity index is 1.72. The fourth-order valence-corrected chi connectivity index (χ4v) is 3.31. The summed E-state index contributed by atoms with van der Waals surface area (Å²) in [6, 6.07) is 14.7. The van der Waals surface area contributed by atoms with Gasteiger partial charge in [-0.3, -0.25) is 14.5 Å². The summed E-state index contributed by atoms with van der Waals surface area (Å²) in [6.07, 6.45) is 0. The normalized spacial score (nSPS) is 18.9. The van der Waals surface area contributed by atoms with Gasteiger partial charge in [-0.1, -0.05) is 54.1 Å². The van der Waals surface area contributed by atoms with Gasteiger partial charge in [-0.25, -0.2) is 4.79 Å². The van der Waals surface area contributed by atoms with Crippen LogP contribution in [0.4, 0.5) is 4.79 Å². The average molecular weight is 379 g/mol. The summed E-state index contributed by atoms with van der Waals surface area (Å²) in [6.45, 7) is 5.74. The molecule has 1 aliphatic rings. The number of aryl methyl sites for hydroxylation is 2. The van der Waals surface area contributed by atoms with Crippen molar-refractivity contribution in [3.8, 4) is 0 Å². The number of nitrogens with zero attached hydrogens (tertiary/aromatic N) is 2. The molecule has 0 radical (unpaired) electrons. The Bertz CT molecular complexity index is 923. The molecule has 0 aromatic heterocycles. The molecule has 1 atom stereocenters. The first-order chi connectivity index (χ1) is 13.2. The van der Waals surface area contributed by atoms with Crippen molar-refractivity contribution in [1.29, 1.82) is 0 Å². The molecule has 0 bridgehead atoms. The third-order valence-electron chi connectivity index (χ3n) is 5.29. The largest absolute Gasteiger partial charge is 0.340 e. The number of rotatable bonds is 5. The van der Waals surface area contributed by atoms with Crippen LogP contribution >= 0.6 is 0 Å². The van der Waals surface area contributed by atoms with Gasteiger partial charge < -0.3 is 10.2 Å². The summed E-state index contributed by atoms with van der Waals surface area (Å²) in [7, 11) is 1.67. The van der Waals surface area contributed by atoms with Crippen LogP contribution in [0.2, 0.25) is 0 Å². The number of likely N-dealkylation sites (N-methyl/N-ethyl adjacent to an activating group) is 1. The van der Waals surface area contributed by atoms with E-state index in [9.17, 15) is 14.4 Å². The van der Waals surface area contributed by atoms with Crippen LogP contribution in [-0.4, -0.2) is 41.2 Å². The summed E-state index contributed by atoms with van der Waals surface area (Å²) in [4.78, 5) is 40.6. The lowest BCUT2D eigenvalue weighted by Crippen LogP contribution is -2.43. The van der Waals surface area contributed by atoms with Crippen LogP contribution in [0.15, 0.2) is 48.5 Å². The number of urea groups is 1. The number of hydrogen-bond acceptors (Lipinski definition) is 3. The Morgan fingerprint density at radius 1 is 1.07 bits per heavy atom. The van der Waals surface area contributed by atoms with E-state index in [-0.39, 0.29) is 12.5 Å². The van der Waals surface area contributed by atoms with Crippen molar-refractivity contribution in [2.45, 2.75) is 32.9 Å². The zero-order valence-electron chi connectivity index (χ0n) is 16.7. The van der Waals surface area contributed by atoms with E-state index in [4.69, 9.17) is 0 Å². The summed E-state index contributed by atoms with van der Waals surface area (Å²) < 4.78 is 0. The quantitative estimate of drug-likeness (QED) is 0.812. The Labute approximate surface area is 165 Å². The van der Waals surface area contributed by atoms with Gasteiger partial charge in [0.1, 0.15) is 12.1 Å². The number of hydrogen-bond donors (Lipinski definition) is 1. The second-order valence-corrected chi connectivity index (χ2v) is 7.49. The molecule has 146 valence electrons. The van der Waals surface area contributed by atoms with Crippen LogP contribution in [0.1, 0.15) is 29.2 Å². The molecule has 0 unspecified atom stereocenters. The minimum Gasteiger partial charge on any atom is -0.340 e. The predicted molar refractivity (Wildman–Crippen MR) is 106 cm³/mol. The molecule has 0 saturated carbocycles. The molecule has 28 heavy (non-hydrogen) atoms. The molecule has 1 aliphatic heterocycles. The molecule has 2 aromatic rings. The Morgan fingerprint density at radius 3 is 2.36 bits per heavy atom. The average Bonchev–Trinajstić information content (AvgIpc) is 2.88. The molecule has 0 aliphatic carbocycles. The Hall–Kier alpha value is -3.15. The van der Waals surface area contributed by atoms with Crippen molar-refractivity contribution in [3.63, 3.8) is 0 Å². The first-order valence-corrected chi connectivity index (χ1v) is 9.22. The Kier molecular flexibility index (Phi) is 5.23. The van der Waals surface area contributed by atoms with Gasteiger partial charge in [-0.15, -0.1) is 0 Å². The number of carbonyl (C=O) groups is 3. The van der Waals surface area contributed by atoms with E-state index in [1.165, 1.54) is 4.90 Å². The molecule has 1 fully saturated rings. The standard InChI is InChI=1S/C22H25N3O3/c1-15-9-11-18(12-10-15)22(3)20(27)25(21(28)23-22)14-19(26)24(4)13-17-8-6-5-7-16(17)2/h5-12H,13-14H2,1-4H3,(H,23,28)/t22-/m0/s1. The second kappa shape index (κ2) is 7.46. The summed E-state index contributed by atoms with van der Waals surface area (Å²) in [5.41, 5.74) is 2.71. The SMILES string of the molecule is Cc1ccc([C@]2(C)NC(=O)N(CC(=O)N(C)Cc3ccccc3C)C2=O)cc1. The van der Waals surface area contributed by atoms with E-state index >= 15 is 0 Å². The molecule has 0 spiro atoms. The maximum Gasteiger partial charge on any atom is 0.325 e. The highest BCUT2D eigenvalue weighted by atomic mass is 16.2. The number of nitrogens with one attached hydrogen (secondary N) is 1. The van der Waals surface area contributed by atoms with Crippen molar-refractivity contribution >= 4 is 17.8 Å². The summed E-state index contributed by atoms with van der Waals surface area (Å²) >= 11 is 0. The van der Waals surface area contributed by atoms with Gasteiger partial charge in [0.15, 0.2) is 0 Å². The maximum atomic E-state index is 13.0. The van der Waals surface area contributed by atoms with E-state index in [0.717, 1.165) is 21.6 Å². The monoisotopic (exact) mass is 379 g/mol. The van der Waals surface area contributed by atoms with Crippen LogP contribution in [0, 0.1) is 13.8 Å². The van der Waals surface area contributed by atoms with Crippen molar-refractivity contribution < 1.29 is 14.4 Å². The van der Waals surface area contributed by atoms with Gasteiger partial charge >= 0.3 is 6.03 Å². The molecule has 3 rings (SSSR count). The van der Waals surface area contributed by atoms with Crippen LogP contribution in [0.25, 0.3) is 0 Å². The first kappa shape index (κ1) is 19.6. The van der Waals surface area contributed by atoms with Crippen molar-refractivity contribution in [2.24, 2.45) is 0 Å². The molecule has 6 heteroatoms. The van der Waals surface area contributed by atoms with Gasteiger partial charge in [-0.05, 0) is 37.5 Å². The number of amides is 4. The van der Waals surface area contributed by atoms with Crippen molar-refractivity contribution in [1.82, 2.24) is 15.1 Å². The lowest BCUT2D eigenvalue weighted by atomic mass is 9.91. The molecular formula is C22H25N3O3. The molecule has 1 heterocycles. The minimum atomic E-state index is -1.17. The lowest BCUT2D eigenvalue weighted by Gasteiger charge is -2.23. The van der Waals surface area contributed by atoms with Gasteiger partial charge in [0.05, 0.1) is 0 Å². The zero-order valence-corrected chi connectivity index (χ0v) is 16.7. The fourth-order valence-electron chi connectivity index (χ4n) is 3.31. The lowest BCUT2D eigenvalue weighted by molar-refractivity contribution is -0.138. The molecule has 6 nitrogen and oxygen atoms in total. The van der Waals surface area contributed by atoms with E-state index in [0.29, 0.717) is 12.1 Å². The van der Waals surface area contributed by atoms with E-state index < -0.39 is 17.5 Å². The number of imide groups is 1. The number of benzene rings is 2. The minimum absolute atomic E-state index is 0.283. The molecular weight excluding hydrogens is 354 g/mol. The highest BCUT2D eigenvalue weighted by Crippen LogP contribution is 2.29. The van der Waals surface area contributed by atoms with Crippen molar-refractivity contribution in [2.75, 3.05) is 13.6 Å². The van der Waals surface area contributed by atoms with Gasteiger partial charge in [-0.2, -0.15) is 0 Å². The van der Waals surface area contributed by atoms with Crippen LogP contribution in [0.3, 0.4) is 0 Å². The van der Waals surface area contributed by atoms with Gasteiger partial charge in [0, 0.05) is 13.6 Å². The summed E-state index contributed by atoms with van der Waals surface area (Å²) in [5.74, 6) is -0.709. The van der Waals surface area contributed by atoms with E-state index in [2.05, 4.69) is 5.32 Å². The molecule has 4 amide bonds.